The number of aliphatic hydroxyl groups is 1. The van der Waals surface area contributed by atoms with E-state index in [9.17, 15) is 0 Å². The smallest absolute Gasteiger partial charge is 0.241 e. The Morgan fingerprint density at radius 2 is 2.25 bits per heavy atom. The zero-order valence-corrected chi connectivity index (χ0v) is 8.41. The van der Waals surface area contributed by atoms with Crippen LogP contribution in [0.1, 0.15) is 0 Å². The highest BCUT2D eigenvalue weighted by Gasteiger charge is 2.04. The van der Waals surface area contributed by atoms with Crippen molar-refractivity contribution in [2.75, 3.05) is 24.2 Å². The summed E-state index contributed by atoms with van der Waals surface area (Å²) >= 11 is 0. The number of nitrogens with zero attached hydrogens (tertiary/aromatic N) is 5. The van der Waals surface area contributed by atoms with Gasteiger partial charge in [-0.05, 0) is 0 Å². The lowest BCUT2D eigenvalue weighted by molar-refractivity contribution is 0.311. The van der Waals surface area contributed by atoms with Crippen LogP contribution in [0, 0.1) is 0 Å². The quantitative estimate of drug-likeness (QED) is 0.609. The lowest BCUT2D eigenvalue weighted by Gasteiger charge is -2.05. The van der Waals surface area contributed by atoms with E-state index in [4.69, 9.17) is 10.8 Å². The molecule has 0 aromatic carbocycles. The monoisotopic (exact) mass is 221 g/mol. The normalized spacial score (nSPS) is 10.3. The highest BCUT2D eigenvalue weighted by atomic mass is 16.3. The molecule has 0 bridgehead atoms. The van der Waals surface area contributed by atoms with Crippen LogP contribution in [0.2, 0.25) is 0 Å². The van der Waals surface area contributed by atoms with Crippen LogP contribution in [0.3, 0.4) is 0 Å². The van der Waals surface area contributed by atoms with Crippen LogP contribution in [0.25, 0.3) is 5.95 Å². The zero-order valence-electron chi connectivity index (χ0n) is 8.41. The van der Waals surface area contributed by atoms with Crippen molar-refractivity contribution >= 4 is 11.9 Å². The van der Waals surface area contributed by atoms with E-state index in [-0.39, 0.29) is 12.6 Å². The van der Waals surface area contributed by atoms with Gasteiger partial charge in [-0.15, -0.1) is 0 Å². The molecule has 2 heterocycles. The molecule has 16 heavy (non-hydrogen) atoms. The number of nitrogens with one attached hydrogen (secondary N) is 1. The lowest BCUT2D eigenvalue weighted by atomic mass is 10.7. The number of hydrogen-bond donors (Lipinski definition) is 3. The first kappa shape index (κ1) is 10.3. The Morgan fingerprint density at radius 1 is 1.38 bits per heavy atom. The van der Waals surface area contributed by atoms with Crippen molar-refractivity contribution in [2.24, 2.45) is 0 Å². The molecule has 0 aliphatic heterocycles. The second-order valence-corrected chi connectivity index (χ2v) is 2.94. The Bertz CT molecular complexity index is 455. The molecule has 2 aromatic rings. The summed E-state index contributed by atoms with van der Waals surface area (Å²) in [5.41, 5.74) is 5.54. The Balaban J connectivity index is 2.29. The molecule has 0 spiro atoms. The number of rotatable bonds is 4. The molecule has 8 heteroatoms. The maximum Gasteiger partial charge on any atom is 0.241 e. The van der Waals surface area contributed by atoms with E-state index in [2.05, 4.69) is 25.3 Å². The number of hydrogen-bond acceptors (Lipinski definition) is 7. The molecule has 0 saturated carbocycles. The molecule has 0 fully saturated rings. The predicted octanol–water partition coefficient (Wildman–Crippen LogP) is -0.956. The van der Waals surface area contributed by atoms with Crippen molar-refractivity contribution in [1.29, 1.82) is 0 Å². The summed E-state index contributed by atoms with van der Waals surface area (Å²) in [6.07, 6.45) is 4.87. The largest absolute Gasteiger partial charge is 0.395 e. The fraction of sp³-hybridized carbons (Fsp3) is 0.250. The van der Waals surface area contributed by atoms with Crippen molar-refractivity contribution in [3.05, 3.63) is 18.7 Å². The van der Waals surface area contributed by atoms with Gasteiger partial charge in [0, 0.05) is 18.9 Å². The van der Waals surface area contributed by atoms with Crippen molar-refractivity contribution in [1.82, 2.24) is 24.5 Å². The van der Waals surface area contributed by atoms with Crippen LogP contribution >= 0.6 is 0 Å². The molecule has 0 aliphatic rings. The fourth-order valence-corrected chi connectivity index (χ4v) is 1.12. The van der Waals surface area contributed by atoms with Gasteiger partial charge < -0.3 is 16.2 Å². The van der Waals surface area contributed by atoms with Gasteiger partial charge in [0.25, 0.3) is 0 Å². The van der Waals surface area contributed by atoms with E-state index in [1.807, 2.05) is 0 Å². The molecule has 0 saturated heterocycles. The van der Waals surface area contributed by atoms with E-state index in [0.717, 1.165) is 0 Å². The van der Waals surface area contributed by atoms with E-state index in [0.29, 0.717) is 18.4 Å². The maximum atomic E-state index is 8.67. The first-order chi connectivity index (χ1) is 7.79. The third-order valence-electron chi connectivity index (χ3n) is 1.77. The van der Waals surface area contributed by atoms with Gasteiger partial charge in [-0.3, -0.25) is 4.57 Å². The predicted molar refractivity (Wildman–Crippen MR) is 56.9 cm³/mol. The molecule has 0 aliphatic carbocycles. The number of imidazole rings is 1. The number of nitrogens with two attached hydrogens (primary N) is 1. The summed E-state index contributed by atoms with van der Waals surface area (Å²) in [7, 11) is 0. The average molecular weight is 221 g/mol. The molecule has 0 radical (unpaired) electrons. The van der Waals surface area contributed by atoms with Crippen LogP contribution in [0.15, 0.2) is 18.7 Å². The van der Waals surface area contributed by atoms with Gasteiger partial charge in [-0.1, -0.05) is 0 Å². The van der Waals surface area contributed by atoms with Gasteiger partial charge in [0.2, 0.25) is 17.8 Å². The number of nitrogen functional groups attached to an aromatic ring is 1. The van der Waals surface area contributed by atoms with E-state index in [1.165, 1.54) is 0 Å². The molecule has 0 amide bonds. The van der Waals surface area contributed by atoms with E-state index in [1.54, 1.807) is 23.3 Å². The van der Waals surface area contributed by atoms with Crippen molar-refractivity contribution in [2.45, 2.75) is 0 Å². The Labute approximate surface area is 91.2 Å². The summed E-state index contributed by atoms with van der Waals surface area (Å²) in [6, 6.07) is 0. The fourth-order valence-electron chi connectivity index (χ4n) is 1.12. The topological polar surface area (TPSA) is 115 Å². The molecule has 0 unspecified atom stereocenters. The van der Waals surface area contributed by atoms with Gasteiger partial charge in [-0.25, -0.2) is 4.98 Å². The van der Waals surface area contributed by atoms with E-state index < -0.39 is 0 Å². The average Bonchev–Trinajstić information content (AvgIpc) is 2.79. The Kier molecular flexibility index (Phi) is 2.92. The Hall–Kier alpha value is -2.22. The third kappa shape index (κ3) is 2.23. The van der Waals surface area contributed by atoms with Gasteiger partial charge in [-0.2, -0.15) is 15.0 Å². The second kappa shape index (κ2) is 4.53. The van der Waals surface area contributed by atoms with Gasteiger partial charge in [0.15, 0.2) is 0 Å². The summed E-state index contributed by atoms with van der Waals surface area (Å²) < 4.78 is 1.61. The van der Waals surface area contributed by atoms with Crippen LogP contribution in [-0.2, 0) is 0 Å². The first-order valence-corrected chi connectivity index (χ1v) is 4.64. The number of aliphatic hydroxyl groups excluding tert-OH is 1. The molecule has 2 aromatic heterocycles. The maximum absolute atomic E-state index is 8.67. The van der Waals surface area contributed by atoms with Gasteiger partial charge in [0.05, 0.1) is 6.61 Å². The first-order valence-electron chi connectivity index (χ1n) is 4.64. The van der Waals surface area contributed by atoms with Crippen LogP contribution in [0.5, 0.6) is 0 Å². The second-order valence-electron chi connectivity index (χ2n) is 2.94. The molecule has 8 nitrogen and oxygen atoms in total. The third-order valence-corrected chi connectivity index (χ3v) is 1.77. The van der Waals surface area contributed by atoms with Crippen LogP contribution in [0.4, 0.5) is 11.9 Å². The highest BCUT2D eigenvalue weighted by Crippen LogP contribution is 2.06. The molecule has 84 valence electrons. The van der Waals surface area contributed by atoms with Crippen molar-refractivity contribution in [3.8, 4) is 5.95 Å². The van der Waals surface area contributed by atoms with Crippen LogP contribution in [-0.4, -0.2) is 42.8 Å². The lowest BCUT2D eigenvalue weighted by Crippen LogP contribution is -2.13. The highest BCUT2D eigenvalue weighted by molar-refractivity contribution is 5.34. The number of aromatic nitrogens is 5. The van der Waals surface area contributed by atoms with E-state index >= 15 is 0 Å². The van der Waals surface area contributed by atoms with Crippen molar-refractivity contribution in [3.63, 3.8) is 0 Å². The van der Waals surface area contributed by atoms with Gasteiger partial charge >= 0.3 is 0 Å². The molecular formula is C8H11N7O. The Morgan fingerprint density at radius 3 is 2.94 bits per heavy atom. The molecule has 0 atom stereocenters. The van der Waals surface area contributed by atoms with Gasteiger partial charge in [0.1, 0.15) is 6.33 Å². The minimum atomic E-state index is -0.00794. The summed E-state index contributed by atoms with van der Waals surface area (Å²) in [4.78, 5) is 15.8. The zero-order chi connectivity index (χ0) is 11.4. The minimum Gasteiger partial charge on any atom is -0.395 e. The van der Waals surface area contributed by atoms with Crippen LogP contribution < -0.4 is 11.1 Å². The van der Waals surface area contributed by atoms with Crippen molar-refractivity contribution < 1.29 is 5.11 Å². The summed E-state index contributed by atoms with van der Waals surface area (Å²) in [6.45, 7) is 0.346. The number of anilines is 2. The molecule has 2 rings (SSSR count). The summed E-state index contributed by atoms with van der Waals surface area (Å²) in [5.74, 6) is 0.815. The standard InChI is InChI=1S/C8H11N7O/c9-6-12-7(11-2-4-16)14-8(13-6)15-3-1-10-5-15/h1,3,5,16H,2,4H2,(H3,9,11,12,13,14). The minimum absolute atomic E-state index is 0.00794. The molecule has 4 N–H and O–H groups in total. The molecular weight excluding hydrogens is 210 g/mol. The summed E-state index contributed by atoms with van der Waals surface area (Å²) in [5, 5.41) is 11.5. The SMILES string of the molecule is Nc1nc(NCCO)nc(-n2ccnc2)n1.